The van der Waals surface area contributed by atoms with Crippen LogP contribution in [0, 0.1) is 22.7 Å². The van der Waals surface area contributed by atoms with Crippen LogP contribution in [0.5, 0.6) is 0 Å². The molecular weight excluding hydrogens is 344 g/mol. The van der Waals surface area contributed by atoms with Gasteiger partial charge in [-0.05, 0) is 43.4 Å². The number of rotatable bonds is 1. The lowest BCUT2D eigenvalue weighted by Crippen LogP contribution is -2.67. The third kappa shape index (κ3) is 2.67. The van der Waals surface area contributed by atoms with E-state index in [4.69, 9.17) is 14.2 Å². The molecule has 5 nitrogen and oxygen atoms in total. The molecule has 6 atom stereocenters. The second kappa shape index (κ2) is 5.95. The molecule has 1 unspecified atom stereocenters. The summed E-state index contributed by atoms with van der Waals surface area (Å²) < 4.78 is 18.2. The third-order valence-corrected chi connectivity index (χ3v) is 8.40. The van der Waals surface area contributed by atoms with Gasteiger partial charge in [0.15, 0.2) is 0 Å². The number of hydrogen-bond donors (Lipinski definition) is 0. The van der Waals surface area contributed by atoms with Crippen molar-refractivity contribution in [3.05, 3.63) is 0 Å². The Morgan fingerprint density at radius 2 is 1.89 bits per heavy atom. The van der Waals surface area contributed by atoms with Crippen molar-refractivity contribution in [2.45, 2.75) is 96.9 Å². The van der Waals surface area contributed by atoms with Crippen LogP contribution < -0.4 is 0 Å². The van der Waals surface area contributed by atoms with Gasteiger partial charge >= 0.3 is 11.9 Å². The molecule has 4 fully saturated rings. The number of carbonyl (C=O) groups is 2. The highest BCUT2D eigenvalue weighted by Gasteiger charge is 2.70. The van der Waals surface area contributed by atoms with Gasteiger partial charge < -0.3 is 14.2 Å². The lowest BCUT2D eigenvalue weighted by Gasteiger charge is -2.65. The highest BCUT2D eigenvalue weighted by molar-refractivity contribution is 5.73. The fraction of sp³-hybridized carbons (Fsp3) is 0.909. The molecule has 4 aliphatic rings. The van der Waals surface area contributed by atoms with Crippen LogP contribution in [-0.4, -0.2) is 35.9 Å². The van der Waals surface area contributed by atoms with E-state index in [2.05, 4.69) is 27.7 Å². The molecule has 5 heteroatoms. The first-order chi connectivity index (χ1) is 12.5. The van der Waals surface area contributed by atoms with Gasteiger partial charge in [-0.2, -0.15) is 0 Å². The van der Waals surface area contributed by atoms with Gasteiger partial charge in [0.05, 0.1) is 12.0 Å². The topological polar surface area (TPSA) is 61.8 Å². The van der Waals surface area contributed by atoms with Crippen LogP contribution >= 0.6 is 0 Å². The summed E-state index contributed by atoms with van der Waals surface area (Å²) in [6.07, 6.45) is 6.35. The zero-order valence-electron chi connectivity index (χ0n) is 17.4. The minimum atomic E-state index is -0.450. The van der Waals surface area contributed by atoms with Crippen LogP contribution in [0.25, 0.3) is 0 Å². The molecule has 2 spiro atoms. The van der Waals surface area contributed by atoms with Crippen LogP contribution in [0.2, 0.25) is 0 Å². The number of fused-ring (bicyclic) bond motifs is 2. The summed E-state index contributed by atoms with van der Waals surface area (Å²) in [4.78, 5) is 23.7. The summed E-state index contributed by atoms with van der Waals surface area (Å²) in [5.41, 5.74) is -0.724. The smallest absolute Gasteiger partial charge is 0.308 e. The molecular formula is C22H34O5. The van der Waals surface area contributed by atoms with Crippen molar-refractivity contribution in [1.29, 1.82) is 0 Å². The predicted molar refractivity (Wildman–Crippen MR) is 99.9 cm³/mol. The standard InChI is InChI=1S/C22H34O5/c1-14-11-16(26-15(2)23)18-19(3,4)7-6-8-20(18,5)22(14)10-9-21(27-22)12-17(24)25-13-21/h14,16,18H,6-13H2,1-5H3/t14-,16-,18+,20+,21?,22-/m1/s1. The maximum absolute atomic E-state index is 11.9. The number of cyclic esters (lactones) is 1. The average molecular weight is 379 g/mol. The first-order valence-electron chi connectivity index (χ1n) is 10.6. The van der Waals surface area contributed by atoms with E-state index in [1.807, 2.05) is 0 Å². The summed E-state index contributed by atoms with van der Waals surface area (Å²) >= 11 is 0. The van der Waals surface area contributed by atoms with Gasteiger partial charge in [0.2, 0.25) is 0 Å². The Kier molecular flexibility index (Phi) is 4.24. The Bertz CT molecular complexity index is 657. The van der Waals surface area contributed by atoms with Crippen molar-refractivity contribution in [3.8, 4) is 0 Å². The largest absolute Gasteiger partial charge is 0.463 e. The molecule has 2 aliphatic carbocycles. The molecule has 0 aromatic heterocycles. The molecule has 2 saturated heterocycles. The quantitative estimate of drug-likeness (QED) is 0.645. The lowest BCUT2D eigenvalue weighted by atomic mass is 9.43. The average Bonchev–Trinajstić information content (AvgIpc) is 3.09. The fourth-order valence-electron chi connectivity index (χ4n) is 7.49. The van der Waals surface area contributed by atoms with Crippen molar-refractivity contribution in [1.82, 2.24) is 0 Å². The van der Waals surface area contributed by atoms with Crippen LogP contribution in [0.1, 0.15) is 79.6 Å². The number of carbonyl (C=O) groups excluding carboxylic acids is 2. The van der Waals surface area contributed by atoms with Gasteiger partial charge in [0, 0.05) is 18.3 Å². The Hall–Kier alpha value is -1.10. The van der Waals surface area contributed by atoms with E-state index in [9.17, 15) is 9.59 Å². The predicted octanol–water partition coefficient (Wildman–Crippen LogP) is 4.03. The third-order valence-electron chi connectivity index (χ3n) is 8.40. The zero-order valence-corrected chi connectivity index (χ0v) is 17.4. The van der Waals surface area contributed by atoms with E-state index in [-0.39, 0.29) is 46.3 Å². The molecule has 0 bridgehead atoms. The Balaban J connectivity index is 1.75. The van der Waals surface area contributed by atoms with Crippen LogP contribution in [0.3, 0.4) is 0 Å². The molecule has 0 aromatic rings. The Morgan fingerprint density at radius 1 is 1.15 bits per heavy atom. The molecule has 27 heavy (non-hydrogen) atoms. The van der Waals surface area contributed by atoms with Crippen molar-refractivity contribution in [2.75, 3.05) is 6.61 Å². The highest BCUT2D eigenvalue weighted by Crippen LogP contribution is 2.68. The molecule has 0 N–H and O–H groups in total. The van der Waals surface area contributed by atoms with Crippen LogP contribution in [0.15, 0.2) is 0 Å². The highest BCUT2D eigenvalue weighted by atomic mass is 16.6. The molecule has 0 radical (unpaired) electrons. The fourth-order valence-corrected chi connectivity index (χ4v) is 7.49. The molecule has 152 valence electrons. The second-order valence-corrected chi connectivity index (χ2v) is 10.5. The monoisotopic (exact) mass is 378 g/mol. The maximum Gasteiger partial charge on any atom is 0.308 e. The van der Waals surface area contributed by atoms with Crippen LogP contribution in [-0.2, 0) is 23.8 Å². The van der Waals surface area contributed by atoms with Gasteiger partial charge in [-0.1, -0.05) is 34.1 Å². The van der Waals surface area contributed by atoms with Crippen molar-refractivity contribution in [2.24, 2.45) is 22.7 Å². The van der Waals surface area contributed by atoms with Gasteiger partial charge in [0.25, 0.3) is 0 Å². The zero-order chi connectivity index (χ0) is 19.7. The van der Waals surface area contributed by atoms with E-state index in [1.165, 1.54) is 6.92 Å². The SMILES string of the molecule is CC(=O)O[C@@H]1C[C@@H](C)[C@]2(CCC3(COC(=O)C3)O2)[C@@]2(C)CCCC(C)(C)[C@H]12. The van der Waals surface area contributed by atoms with E-state index < -0.39 is 5.60 Å². The number of esters is 2. The summed E-state index contributed by atoms with van der Waals surface area (Å²) in [5.74, 6) is 0.198. The maximum atomic E-state index is 11.9. The van der Waals surface area contributed by atoms with Gasteiger partial charge in [-0.25, -0.2) is 0 Å². The summed E-state index contributed by atoms with van der Waals surface area (Å²) in [7, 11) is 0. The molecule has 0 aromatic carbocycles. The minimum Gasteiger partial charge on any atom is -0.463 e. The molecule has 2 aliphatic heterocycles. The molecule has 0 amide bonds. The summed E-state index contributed by atoms with van der Waals surface area (Å²) in [6.45, 7) is 11.2. The van der Waals surface area contributed by atoms with E-state index in [0.717, 1.165) is 38.5 Å². The van der Waals surface area contributed by atoms with Gasteiger partial charge in [-0.15, -0.1) is 0 Å². The summed E-state index contributed by atoms with van der Waals surface area (Å²) in [5, 5.41) is 0. The van der Waals surface area contributed by atoms with E-state index >= 15 is 0 Å². The van der Waals surface area contributed by atoms with Crippen LogP contribution in [0.4, 0.5) is 0 Å². The normalized spacial score (nSPS) is 48.5. The number of ether oxygens (including phenoxy) is 3. The first kappa shape index (κ1) is 19.2. The molecule has 2 heterocycles. The second-order valence-electron chi connectivity index (χ2n) is 10.5. The van der Waals surface area contributed by atoms with Gasteiger partial charge in [0.1, 0.15) is 18.3 Å². The Labute approximate surface area is 162 Å². The first-order valence-corrected chi connectivity index (χ1v) is 10.6. The van der Waals surface area contributed by atoms with Crippen molar-refractivity contribution < 1.29 is 23.8 Å². The van der Waals surface area contributed by atoms with E-state index in [0.29, 0.717) is 13.0 Å². The minimum absolute atomic E-state index is 0.0648. The molecule has 4 rings (SSSR count). The lowest BCUT2D eigenvalue weighted by molar-refractivity contribution is -0.272. The van der Waals surface area contributed by atoms with Crippen molar-refractivity contribution in [3.63, 3.8) is 0 Å². The van der Waals surface area contributed by atoms with Crippen molar-refractivity contribution >= 4 is 11.9 Å². The van der Waals surface area contributed by atoms with Gasteiger partial charge in [-0.3, -0.25) is 9.59 Å². The summed E-state index contributed by atoms with van der Waals surface area (Å²) in [6, 6.07) is 0. The Morgan fingerprint density at radius 3 is 2.52 bits per heavy atom. The van der Waals surface area contributed by atoms with E-state index in [1.54, 1.807) is 0 Å². The number of hydrogen-bond acceptors (Lipinski definition) is 5. The molecule has 2 saturated carbocycles.